The van der Waals surface area contributed by atoms with Crippen LogP contribution in [-0.4, -0.2) is 51.2 Å². The first kappa shape index (κ1) is 25.6. The fourth-order valence-electron chi connectivity index (χ4n) is 3.18. The van der Waals surface area contributed by atoms with Gasteiger partial charge in [0.25, 0.3) is 11.8 Å². The van der Waals surface area contributed by atoms with Crippen molar-refractivity contribution in [3.8, 4) is 0 Å². The molecule has 8 nitrogen and oxygen atoms in total. The molecule has 0 fully saturated rings. The number of aliphatic hydroxyl groups excluding tert-OH is 1. The number of nitrogens with zero attached hydrogens (tertiary/aromatic N) is 4. The number of aliphatic hydroxyl groups is 1. The minimum absolute atomic E-state index is 0.0274. The van der Waals surface area contributed by atoms with Crippen molar-refractivity contribution < 1.29 is 36.6 Å². The van der Waals surface area contributed by atoms with Gasteiger partial charge in [-0.1, -0.05) is 29.8 Å². The molecule has 34 heavy (non-hydrogen) atoms. The number of hydrazone groups is 1. The number of nitrogens with one attached hydrogen (secondary N) is 1. The van der Waals surface area contributed by atoms with Crippen molar-refractivity contribution in [3.05, 3.63) is 47.3 Å². The lowest BCUT2D eigenvalue weighted by Crippen LogP contribution is -2.38. The Labute approximate surface area is 195 Å². The molecular weight excluding hydrogens is 489 g/mol. The van der Waals surface area contributed by atoms with Gasteiger partial charge >= 0.3 is 12.7 Å². The molecule has 0 aromatic carbocycles. The van der Waals surface area contributed by atoms with Gasteiger partial charge in [0.05, 0.1) is 12.4 Å². The number of hydrogen-bond acceptors (Lipinski definition) is 5. The summed E-state index contributed by atoms with van der Waals surface area (Å²) in [7, 11) is 0. The maximum atomic E-state index is 13.1. The molecule has 2 heterocycles. The van der Waals surface area contributed by atoms with E-state index in [-0.39, 0.29) is 18.0 Å². The molecule has 2 atom stereocenters. The summed E-state index contributed by atoms with van der Waals surface area (Å²) in [6.07, 6.45) is 0.369. The van der Waals surface area contributed by atoms with Gasteiger partial charge in [0, 0.05) is 29.6 Å². The number of hydrogen-bond donors (Lipinski definition) is 2. The van der Waals surface area contributed by atoms with E-state index in [1.807, 2.05) is 0 Å². The van der Waals surface area contributed by atoms with Crippen LogP contribution < -0.4 is 10.3 Å². The second kappa shape index (κ2) is 10.5. The molecule has 0 bridgehead atoms. The van der Waals surface area contributed by atoms with E-state index in [9.17, 15) is 31.5 Å². The zero-order valence-corrected chi connectivity index (χ0v) is 18.1. The summed E-state index contributed by atoms with van der Waals surface area (Å²) < 4.78 is 63.6. The van der Waals surface area contributed by atoms with E-state index in [4.69, 9.17) is 16.7 Å². The van der Waals surface area contributed by atoms with Crippen LogP contribution in [0.4, 0.5) is 27.6 Å². The second-order valence-electron chi connectivity index (χ2n) is 7.38. The molecule has 2 aliphatic rings. The zero-order valence-electron chi connectivity index (χ0n) is 17.3. The molecule has 0 saturated carbocycles. The van der Waals surface area contributed by atoms with Crippen molar-refractivity contribution in [1.82, 2.24) is 15.1 Å². The largest absolute Gasteiger partial charge is 0.414 e. The first-order valence-electron chi connectivity index (χ1n) is 9.98. The first-order chi connectivity index (χ1) is 16.0. The normalized spacial score (nSPS) is 20.0. The van der Waals surface area contributed by atoms with Gasteiger partial charge in [-0.2, -0.15) is 37.2 Å². The number of anilines is 1. The quantitative estimate of drug-likeness (QED) is 0.436. The van der Waals surface area contributed by atoms with Gasteiger partial charge in [0.1, 0.15) is 11.3 Å². The number of allylic oxidation sites excluding steroid dienone is 5. The van der Waals surface area contributed by atoms with Gasteiger partial charge in [-0.25, -0.2) is 4.68 Å². The monoisotopic (exact) mass is 507 g/mol. The van der Waals surface area contributed by atoms with Crippen molar-refractivity contribution >= 4 is 34.8 Å². The molecule has 2 N–H and O–H groups in total. The Kier molecular flexibility index (Phi) is 7.87. The lowest BCUT2D eigenvalue weighted by molar-refractivity contribution is -0.205. The van der Waals surface area contributed by atoms with Crippen molar-refractivity contribution in [3.63, 3.8) is 0 Å². The van der Waals surface area contributed by atoms with Gasteiger partial charge in [-0.15, -0.1) is 0 Å². The van der Waals surface area contributed by atoms with Crippen LogP contribution in [0.2, 0.25) is 0 Å². The smallest absolute Gasteiger partial charge is 0.384 e. The number of alkyl halides is 5. The average molecular weight is 508 g/mol. The number of carbonyl (C=O) groups is 2. The molecule has 14 heteroatoms. The van der Waals surface area contributed by atoms with E-state index < -0.39 is 49.2 Å². The van der Waals surface area contributed by atoms with E-state index >= 15 is 0 Å². The second-order valence-corrected chi connectivity index (χ2v) is 7.82. The Morgan fingerprint density at radius 3 is 2.65 bits per heavy atom. The highest BCUT2D eigenvalue weighted by atomic mass is 35.5. The third-order valence-electron chi connectivity index (χ3n) is 5.01. The molecule has 0 spiro atoms. The highest BCUT2D eigenvalue weighted by Gasteiger charge is 2.38. The van der Waals surface area contributed by atoms with Crippen LogP contribution in [0.1, 0.15) is 25.8 Å². The fraction of sp³-hybridized carbons (Fsp3) is 0.400. The standard InChI is InChI=1S/C20H19ClF5N5O3/c21-12-3-1-11(2-4-12)15-6-5-14(17(33)27-8-7-16(32)20(24,25)26)18(34)31(29-15)13-9-28-30(10-13)19(22)23/h1,3-5,9-11,16,19,32H,2,6-8H2,(H,27,33)/t11?,16-/m0/s1. The Bertz CT molecular complexity index is 1060. The topological polar surface area (TPSA) is 99.8 Å². The van der Waals surface area contributed by atoms with Crippen molar-refractivity contribution in [2.45, 2.75) is 38.1 Å². The van der Waals surface area contributed by atoms with Crippen LogP contribution >= 0.6 is 11.6 Å². The summed E-state index contributed by atoms with van der Waals surface area (Å²) in [6.45, 7) is -3.54. The highest BCUT2D eigenvalue weighted by molar-refractivity contribution is 6.31. The van der Waals surface area contributed by atoms with E-state index in [1.165, 1.54) is 6.08 Å². The molecule has 1 aromatic heterocycles. The summed E-state index contributed by atoms with van der Waals surface area (Å²) in [5, 5.41) is 20.2. The van der Waals surface area contributed by atoms with Crippen LogP contribution in [0, 0.1) is 5.92 Å². The lowest BCUT2D eigenvalue weighted by Gasteiger charge is -2.19. The summed E-state index contributed by atoms with van der Waals surface area (Å²) in [5.41, 5.74) is -0.159. The van der Waals surface area contributed by atoms with Crippen molar-refractivity contribution in [2.75, 3.05) is 11.6 Å². The predicted molar refractivity (Wildman–Crippen MR) is 112 cm³/mol. The van der Waals surface area contributed by atoms with Crippen molar-refractivity contribution in [1.29, 1.82) is 0 Å². The molecule has 2 amide bonds. The number of halogens is 6. The molecule has 0 radical (unpaired) electrons. The molecule has 1 aliphatic heterocycles. The summed E-state index contributed by atoms with van der Waals surface area (Å²) in [6, 6.07) is 0. The molecule has 184 valence electrons. The van der Waals surface area contributed by atoms with Crippen LogP contribution in [0.25, 0.3) is 0 Å². The van der Waals surface area contributed by atoms with Crippen molar-refractivity contribution in [2.24, 2.45) is 11.0 Å². The Balaban J connectivity index is 1.84. The number of amides is 2. The summed E-state index contributed by atoms with van der Waals surface area (Å²) >= 11 is 5.93. The van der Waals surface area contributed by atoms with Gasteiger partial charge < -0.3 is 10.4 Å². The van der Waals surface area contributed by atoms with E-state index in [1.54, 1.807) is 18.2 Å². The van der Waals surface area contributed by atoms with E-state index in [0.717, 1.165) is 17.4 Å². The molecule has 1 aromatic rings. The van der Waals surface area contributed by atoms with Gasteiger partial charge in [-0.3, -0.25) is 9.59 Å². The Morgan fingerprint density at radius 2 is 2.06 bits per heavy atom. The molecule has 1 unspecified atom stereocenters. The maximum Gasteiger partial charge on any atom is 0.414 e. The van der Waals surface area contributed by atoms with E-state index in [2.05, 4.69) is 15.5 Å². The number of rotatable bonds is 7. The van der Waals surface area contributed by atoms with E-state index in [0.29, 0.717) is 21.8 Å². The lowest BCUT2D eigenvalue weighted by atomic mass is 9.93. The average Bonchev–Trinajstić information content (AvgIpc) is 3.19. The van der Waals surface area contributed by atoms with Gasteiger partial charge in [0.2, 0.25) is 0 Å². The zero-order chi connectivity index (χ0) is 25.0. The first-order valence-corrected chi connectivity index (χ1v) is 10.4. The van der Waals surface area contributed by atoms with Crippen LogP contribution in [0.3, 0.4) is 0 Å². The highest BCUT2D eigenvalue weighted by Crippen LogP contribution is 2.27. The molecular formula is C20H19ClF5N5O3. The SMILES string of the molecule is O=C(NCC[C@H](O)C(F)(F)F)C1=CCC(C2C=CC(Cl)=CC2)=NN(c2cnn(C(F)F)c2)C1=O. The Hall–Kier alpha value is -3.06. The van der Waals surface area contributed by atoms with Crippen LogP contribution in [-0.2, 0) is 9.59 Å². The van der Waals surface area contributed by atoms with Gasteiger partial charge in [-0.05, 0) is 18.9 Å². The molecule has 3 rings (SSSR count). The summed E-state index contributed by atoms with van der Waals surface area (Å²) in [5.74, 6) is -2.28. The molecule has 0 saturated heterocycles. The number of carbonyl (C=O) groups excluding carboxylic acids is 2. The Morgan fingerprint density at radius 1 is 1.32 bits per heavy atom. The minimum atomic E-state index is -4.85. The molecule has 1 aliphatic carbocycles. The van der Waals surface area contributed by atoms with Gasteiger partial charge in [0.15, 0.2) is 6.10 Å². The van der Waals surface area contributed by atoms with Crippen LogP contribution in [0.5, 0.6) is 0 Å². The fourth-order valence-corrected chi connectivity index (χ4v) is 3.34. The summed E-state index contributed by atoms with van der Waals surface area (Å²) in [4.78, 5) is 25.7. The third-order valence-corrected chi connectivity index (χ3v) is 5.29. The van der Waals surface area contributed by atoms with Crippen LogP contribution in [0.15, 0.2) is 52.4 Å². The predicted octanol–water partition coefficient (Wildman–Crippen LogP) is 3.43. The minimum Gasteiger partial charge on any atom is -0.384 e. The third kappa shape index (κ3) is 6.08. The number of aromatic nitrogens is 2. The maximum absolute atomic E-state index is 13.1.